The van der Waals surface area contributed by atoms with E-state index in [1.807, 2.05) is 19.9 Å². The maximum absolute atomic E-state index is 11.9. The lowest BCUT2D eigenvalue weighted by molar-refractivity contribution is -0.119. The van der Waals surface area contributed by atoms with Gasteiger partial charge in [-0.15, -0.1) is 0 Å². The van der Waals surface area contributed by atoms with E-state index in [2.05, 4.69) is 21.2 Å². The van der Waals surface area contributed by atoms with Gasteiger partial charge in [-0.2, -0.15) is 0 Å². The van der Waals surface area contributed by atoms with Crippen molar-refractivity contribution < 1.29 is 14.3 Å². The molecule has 2 rings (SSSR count). The van der Waals surface area contributed by atoms with Crippen molar-refractivity contribution in [3.8, 4) is 0 Å². The number of aryl methyl sites for hydroxylation is 2. The summed E-state index contributed by atoms with van der Waals surface area (Å²) in [5.74, 6) is -1.00. The predicted octanol–water partition coefficient (Wildman–Crippen LogP) is 4.51. The highest BCUT2D eigenvalue weighted by molar-refractivity contribution is 9.10. The van der Waals surface area contributed by atoms with Crippen LogP contribution in [-0.4, -0.2) is 18.5 Å². The zero-order chi connectivity index (χ0) is 17.0. The minimum Gasteiger partial charge on any atom is -0.452 e. The second-order valence-electron chi connectivity index (χ2n) is 5.07. The highest BCUT2D eigenvalue weighted by Crippen LogP contribution is 2.27. The number of hydrogen-bond donors (Lipinski definition) is 1. The third kappa shape index (κ3) is 4.81. The molecule has 0 atom stereocenters. The van der Waals surface area contributed by atoms with Crippen LogP contribution in [0.2, 0.25) is 5.02 Å². The van der Waals surface area contributed by atoms with Crippen molar-refractivity contribution >= 4 is 45.1 Å². The van der Waals surface area contributed by atoms with Crippen LogP contribution in [0.3, 0.4) is 0 Å². The number of esters is 1. The highest BCUT2D eigenvalue weighted by Gasteiger charge is 2.13. The predicted molar refractivity (Wildman–Crippen MR) is 94.0 cm³/mol. The van der Waals surface area contributed by atoms with E-state index >= 15 is 0 Å². The normalized spacial score (nSPS) is 10.3. The van der Waals surface area contributed by atoms with E-state index in [0.29, 0.717) is 16.3 Å². The van der Waals surface area contributed by atoms with Gasteiger partial charge in [-0.1, -0.05) is 39.7 Å². The first-order valence-electron chi connectivity index (χ1n) is 6.86. The molecule has 0 radical (unpaired) electrons. The Morgan fingerprint density at radius 3 is 2.61 bits per heavy atom. The molecule has 4 nitrogen and oxygen atoms in total. The molecule has 2 aromatic rings. The zero-order valence-electron chi connectivity index (χ0n) is 12.7. The minimum absolute atomic E-state index is 0.372. The summed E-state index contributed by atoms with van der Waals surface area (Å²) in [7, 11) is 0. The third-order valence-corrected chi connectivity index (χ3v) is 3.88. The van der Waals surface area contributed by atoms with Crippen LogP contribution in [0.25, 0.3) is 0 Å². The highest BCUT2D eigenvalue weighted by atomic mass is 79.9. The summed E-state index contributed by atoms with van der Waals surface area (Å²) in [6.07, 6.45) is 0. The van der Waals surface area contributed by atoms with E-state index < -0.39 is 11.9 Å². The van der Waals surface area contributed by atoms with E-state index in [4.69, 9.17) is 16.3 Å². The third-order valence-electron chi connectivity index (χ3n) is 3.09. The maximum Gasteiger partial charge on any atom is 0.338 e. The van der Waals surface area contributed by atoms with Gasteiger partial charge in [0.15, 0.2) is 6.61 Å². The number of halogens is 2. The first kappa shape index (κ1) is 17.5. The molecule has 120 valence electrons. The summed E-state index contributed by atoms with van der Waals surface area (Å²) in [6, 6.07) is 10.4. The fourth-order valence-corrected chi connectivity index (χ4v) is 2.85. The van der Waals surface area contributed by atoms with Gasteiger partial charge in [-0.05, 0) is 49.2 Å². The van der Waals surface area contributed by atoms with Crippen LogP contribution < -0.4 is 5.32 Å². The van der Waals surface area contributed by atoms with Gasteiger partial charge in [0.1, 0.15) is 0 Å². The summed E-state index contributed by atoms with van der Waals surface area (Å²) in [4.78, 5) is 23.8. The number of amides is 1. The van der Waals surface area contributed by atoms with Gasteiger partial charge in [0.2, 0.25) is 0 Å². The van der Waals surface area contributed by atoms with Crippen LogP contribution in [0, 0.1) is 13.8 Å². The van der Waals surface area contributed by atoms with Crippen LogP contribution in [0.5, 0.6) is 0 Å². The molecule has 0 saturated heterocycles. The molecular formula is C17H15BrClNO3. The zero-order valence-corrected chi connectivity index (χ0v) is 15.0. The van der Waals surface area contributed by atoms with Crippen molar-refractivity contribution in [2.75, 3.05) is 11.9 Å². The monoisotopic (exact) mass is 395 g/mol. The standard InChI is InChI=1S/C17H15BrClNO3/c1-10-6-11(2)16(14(19)7-10)20-15(21)9-23-17(22)12-4-3-5-13(18)8-12/h3-8H,9H2,1-2H3,(H,20,21). The molecule has 0 unspecified atom stereocenters. The molecule has 0 aliphatic heterocycles. The average molecular weight is 397 g/mol. The molecule has 1 N–H and O–H groups in total. The molecule has 0 aromatic heterocycles. The van der Waals surface area contributed by atoms with E-state index in [1.54, 1.807) is 30.3 Å². The fraction of sp³-hybridized carbons (Fsp3) is 0.176. The smallest absolute Gasteiger partial charge is 0.338 e. The summed E-state index contributed by atoms with van der Waals surface area (Å²) in [6.45, 7) is 3.39. The number of carbonyl (C=O) groups excluding carboxylic acids is 2. The van der Waals surface area contributed by atoms with E-state index in [9.17, 15) is 9.59 Å². The Balaban J connectivity index is 1.97. The number of ether oxygens (including phenoxy) is 1. The summed E-state index contributed by atoms with van der Waals surface area (Å²) < 4.78 is 5.77. The average Bonchev–Trinajstić information content (AvgIpc) is 2.48. The van der Waals surface area contributed by atoms with Crippen molar-refractivity contribution in [1.82, 2.24) is 0 Å². The van der Waals surface area contributed by atoms with Crippen LogP contribution in [-0.2, 0) is 9.53 Å². The van der Waals surface area contributed by atoms with Gasteiger partial charge in [0.25, 0.3) is 5.91 Å². The van der Waals surface area contributed by atoms with Crippen LogP contribution >= 0.6 is 27.5 Å². The van der Waals surface area contributed by atoms with Crippen molar-refractivity contribution in [1.29, 1.82) is 0 Å². The van der Waals surface area contributed by atoms with E-state index in [1.165, 1.54) is 0 Å². The van der Waals surface area contributed by atoms with Gasteiger partial charge in [0, 0.05) is 4.47 Å². The minimum atomic E-state index is -0.562. The molecule has 6 heteroatoms. The van der Waals surface area contributed by atoms with Crippen LogP contribution in [0.15, 0.2) is 40.9 Å². The first-order valence-corrected chi connectivity index (χ1v) is 8.03. The van der Waals surface area contributed by atoms with Gasteiger partial charge < -0.3 is 10.1 Å². The lowest BCUT2D eigenvalue weighted by Gasteiger charge is -2.12. The second-order valence-corrected chi connectivity index (χ2v) is 6.40. The Bertz CT molecular complexity index is 738. The topological polar surface area (TPSA) is 55.4 Å². The molecule has 0 heterocycles. The molecule has 2 aromatic carbocycles. The lowest BCUT2D eigenvalue weighted by Crippen LogP contribution is -2.21. The Kier molecular flexibility index (Phi) is 5.80. The number of hydrogen-bond acceptors (Lipinski definition) is 3. The van der Waals surface area contributed by atoms with E-state index in [-0.39, 0.29) is 6.61 Å². The second kappa shape index (κ2) is 7.62. The molecule has 0 fully saturated rings. The molecule has 0 saturated carbocycles. The molecular weight excluding hydrogens is 382 g/mol. The van der Waals surface area contributed by atoms with Gasteiger partial charge in [0.05, 0.1) is 16.3 Å². The first-order chi connectivity index (χ1) is 10.9. The summed E-state index contributed by atoms with van der Waals surface area (Å²) >= 11 is 9.40. The molecule has 0 aliphatic rings. The number of anilines is 1. The molecule has 1 amide bonds. The molecule has 0 spiro atoms. The lowest BCUT2D eigenvalue weighted by atomic mass is 10.1. The van der Waals surface area contributed by atoms with Crippen molar-refractivity contribution in [2.24, 2.45) is 0 Å². The van der Waals surface area contributed by atoms with Gasteiger partial charge in [-0.3, -0.25) is 4.79 Å². The van der Waals surface area contributed by atoms with Crippen molar-refractivity contribution in [3.63, 3.8) is 0 Å². The number of carbonyl (C=O) groups is 2. The van der Waals surface area contributed by atoms with Gasteiger partial charge in [-0.25, -0.2) is 4.79 Å². The van der Waals surface area contributed by atoms with Crippen LogP contribution in [0.1, 0.15) is 21.5 Å². The number of rotatable bonds is 4. The quantitative estimate of drug-likeness (QED) is 0.773. The summed E-state index contributed by atoms with van der Waals surface area (Å²) in [5, 5.41) is 3.12. The molecule has 23 heavy (non-hydrogen) atoms. The van der Waals surface area contributed by atoms with Crippen LogP contribution in [0.4, 0.5) is 5.69 Å². The Morgan fingerprint density at radius 1 is 1.22 bits per heavy atom. The SMILES string of the molecule is Cc1cc(C)c(NC(=O)COC(=O)c2cccc(Br)c2)c(Cl)c1. The largest absolute Gasteiger partial charge is 0.452 e. The fourth-order valence-electron chi connectivity index (χ4n) is 2.08. The summed E-state index contributed by atoms with van der Waals surface area (Å²) in [5.41, 5.74) is 2.76. The Labute approximate surface area is 147 Å². The Hall–Kier alpha value is -1.85. The Morgan fingerprint density at radius 2 is 1.96 bits per heavy atom. The maximum atomic E-state index is 11.9. The molecule has 0 aliphatic carbocycles. The van der Waals surface area contributed by atoms with Gasteiger partial charge >= 0.3 is 5.97 Å². The molecule has 0 bridgehead atoms. The van der Waals surface area contributed by atoms with Crippen molar-refractivity contribution in [3.05, 3.63) is 62.6 Å². The number of benzene rings is 2. The number of nitrogens with one attached hydrogen (secondary N) is 1. The van der Waals surface area contributed by atoms with E-state index in [0.717, 1.165) is 15.6 Å². The van der Waals surface area contributed by atoms with Crippen molar-refractivity contribution in [2.45, 2.75) is 13.8 Å².